The standard InChI is InChI=1S/C12H14N4S/c1-16-9-3-2-6-10(8-5-14-8)12(13)17-11(6)7(9)4-15-16/h4,8,14H,2-3,5,13H2,1H3. The third-order valence-electron chi connectivity index (χ3n) is 3.75. The minimum Gasteiger partial charge on any atom is -0.390 e. The maximum absolute atomic E-state index is 6.18. The average molecular weight is 246 g/mol. The van der Waals surface area contributed by atoms with Crippen molar-refractivity contribution < 1.29 is 0 Å². The number of rotatable bonds is 1. The lowest BCUT2D eigenvalue weighted by Crippen LogP contribution is -2.07. The average Bonchev–Trinajstić information content (AvgIpc) is 2.98. The van der Waals surface area contributed by atoms with Crippen molar-refractivity contribution in [2.45, 2.75) is 18.9 Å². The van der Waals surface area contributed by atoms with Crippen LogP contribution in [0.25, 0.3) is 10.4 Å². The van der Waals surface area contributed by atoms with Gasteiger partial charge < -0.3 is 11.1 Å². The molecule has 4 nitrogen and oxygen atoms in total. The summed E-state index contributed by atoms with van der Waals surface area (Å²) in [6.07, 6.45) is 4.16. The van der Waals surface area contributed by atoms with Crippen LogP contribution in [0.1, 0.15) is 22.9 Å². The second-order valence-corrected chi connectivity index (χ2v) is 5.83. The number of aryl methyl sites for hydroxylation is 1. The first-order valence-corrected chi connectivity index (χ1v) is 6.73. The Morgan fingerprint density at radius 3 is 3.12 bits per heavy atom. The summed E-state index contributed by atoms with van der Waals surface area (Å²) in [6.45, 7) is 1.08. The second kappa shape index (κ2) is 3.11. The summed E-state index contributed by atoms with van der Waals surface area (Å²) in [7, 11) is 2.02. The van der Waals surface area contributed by atoms with Crippen molar-refractivity contribution in [2.24, 2.45) is 7.05 Å². The highest BCUT2D eigenvalue weighted by molar-refractivity contribution is 7.19. The zero-order valence-corrected chi connectivity index (χ0v) is 10.5. The molecule has 0 aromatic carbocycles. The molecule has 0 saturated carbocycles. The van der Waals surface area contributed by atoms with Crippen molar-refractivity contribution in [2.75, 3.05) is 12.3 Å². The van der Waals surface area contributed by atoms with E-state index < -0.39 is 0 Å². The molecule has 3 N–H and O–H groups in total. The highest BCUT2D eigenvalue weighted by Gasteiger charge is 2.33. The molecule has 2 aliphatic rings. The molecule has 1 unspecified atom stereocenters. The van der Waals surface area contributed by atoms with Gasteiger partial charge in [-0.25, -0.2) is 0 Å². The smallest absolute Gasteiger partial charge is 0.0914 e. The van der Waals surface area contributed by atoms with Crippen LogP contribution in [0.3, 0.4) is 0 Å². The van der Waals surface area contributed by atoms with E-state index in [9.17, 15) is 0 Å². The second-order valence-electron chi connectivity index (χ2n) is 4.78. The Kier molecular flexibility index (Phi) is 1.77. The van der Waals surface area contributed by atoms with Gasteiger partial charge in [-0.2, -0.15) is 5.10 Å². The number of hydrogen-bond acceptors (Lipinski definition) is 4. The van der Waals surface area contributed by atoms with Gasteiger partial charge >= 0.3 is 0 Å². The Hall–Kier alpha value is -1.33. The first-order valence-electron chi connectivity index (χ1n) is 5.91. The largest absolute Gasteiger partial charge is 0.390 e. The first-order chi connectivity index (χ1) is 8.25. The van der Waals surface area contributed by atoms with Crippen LogP contribution < -0.4 is 11.1 Å². The zero-order chi connectivity index (χ0) is 11.6. The van der Waals surface area contributed by atoms with Crippen molar-refractivity contribution in [1.29, 1.82) is 0 Å². The van der Waals surface area contributed by atoms with Gasteiger partial charge in [0.05, 0.1) is 11.2 Å². The molecular weight excluding hydrogens is 232 g/mol. The fourth-order valence-corrected chi connectivity index (χ4v) is 4.01. The molecule has 1 atom stereocenters. The molecule has 1 aliphatic carbocycles. The summed E-state index contributed by atoms with van der Waals surface area (Å²) in [5, 5.41) is 8.71. The molecule has 1 aliphatic heterocycles. The topological polar surface area (TPSA) is 65.8 Å². The van der Waals surface area contributed by atoms with Crippen molar-refractivity contribution >= 4 is 16.3 Å². The Bertz CT molecular complexity index is 606. The number of aromatic nitrogens is 2. The van der Waals surface area contributed by atoms with Gasteiger partial charge in [0.2, 0.25) is 0 Å². The van der Waals surface area contributed by atoms with Gasteiger partial charge in [-0.3, -0.25) is 4.68 Å². The lowest BCUT2D eigenvalue weighted by atomic mass is 9.93. The van der Waals surface area contributed by atoms with E-state index in [2.05, 4.69) is 10.4 Å². The maximum Gasteiger partial charge on any atom is 0.0914 e. The lowest BCUT2D eigenvalue weighted by Gasteiger charge is -2.14. The van der Waals surface area contributed by atoms with Crippen LogP contribution in [0, 0.1) is 0 Å². The van der Waals surface area contributed by atoms with E-state index in [1.165, 1.54) is 27.3 Å². The molecule has 2 aromatic heterocycles. The third-order valence-corrected chi connectivity index (χ3v) is 4.86. The SMILES string of the molecule is Cn1ncc2c1CCc1c-2sc(N)c1C1CN1. The minimum atomic E-state index is 0.508. The number of nitrogen functional groups attached to an aromatic ring is 1. The van der Waals surface area contributed by atoms with Crippen LogP contribution in [-0.2, 0) is 19.9 Å². The number of nitrogens with zero attached hydrogens (tertiary/aromatic N) is 2. The minimum absolute atomic E-state index is 0.508. The van der Waals surface area contributed by atoms with Crippen molar-refractivity contribution in [1.82, 2.24) is 15.1 Å². The number of nitrogens with two attached hydrogens (primary N) is 1. The van der Waals surface area contributed by atoms with E-state index in [-0.39, 0.29) is 0 Å². The zero-order valence-electron chi connectivity index (χ0n) is 9.66. The lowest BCUT2D eigenvalue weighted by molar-refractivity contribution is 0.700. The van der Waals surface area contributed by atoms with Crippen LogP contribution >= 0.6 is 11.3 Å². The van der Waals surface area contributed by atoms with Gasteiger partial charge in [0.25, 0.3) is 0 Å². The molecule has 88 valence electrons. The highest BCUT2D eigenvalue weighted by atomic mass is 32.1. The van der Waals surface area contributed by atoms with Crippen LogP contribution in [-0.4, -0.2) is 16.3 Å². The Morgan fingerprint density at radius 2 is 2.35 bits per heavy atom. The van der Waals surface area contributed by atoms with Crippen molar-refractivity contribution in [3.8, 4) is 10.4 Å². The molecule has 4 rings (SSSR count). The van der Waals surface area contributed by atoms with Crippen LogP contribution in [0.2, 0.25) is 0 Å². The summed E-state index contributed by atoms with van der Waals surface area (Å²) < 4.78 is 1.99. The number of thiophene rings is 1. The van der Waals surface area contributed by atoms with E-state index in [4.69, 9.17) is 5.73 Å². The maximum atomic E-state index is 6.18. The van der Waals surface area contributed by atoms with E-state index in [1.54, 1.807) is 11.3 Å². The molecular formula is C12H14N4S. The molecule has 1 fully saturated rings. The van der Waals surface area contributed by atoms with Crippen molar-refractivity contribution in [3.05, 3.63) is 23.0 Å². The monoisotopic (exact) mass is 246 g/mol. The van der Waals surface area contributed by atoms with Crippen LogP contribution in [0.4, 0.5) is 5.00 Å². The van der Waals surface area contributed by atoms with Crippen LogP contribution in [0.5, 0.6) is 0 Å². The molecule has 5 heteroatoms. The summed E-state index contributed by atoms with van der Waals surface area (Å²) in [5.74, 6) is 0. The Labute approximate surface area is 103 Å². The van der Waals surface area contributed by atoms with Gasteiger partial charge in [0, 0.05) is 41.3 Å². The molecule has 0 bridgehead atoms. The normalized spacial score (nSPS) is 21.1. The fourth-order valence-electron chi connectivity index (χ4n) is 2.80. The summed E-state index contributed by atoms with van der Waals surface area (Å²) in [4.78, 5) is 1.35. The van der Waals surface area contributed by atoms with Gasteiger partial charge in [-0.15, -0.1) is 11.3 Å². The van der Waals surface area contributed by atoms with Gasteiger partial charge in [-0.1, -0.05) is 0 Å². The first kappa shape index (κ1) is 9.67. The quantitative estimate of drug-likeness (QED) is 0.749. The molecule has 0 amide bonds. The van der Waals surface area contributed by atoms with Gasteiger partial charge in [-0.05, 0) is 18.4 Å². The number of hydrogen-bond donors (Lipinski definition) is 2. The third kappa shape index (κ3) is 1.23. The molecule has 2 aromatic rings. The van der Waals surface area contributed by atoms with Crippen LogP contribution in [0.15, 0.2) is 6.20 Å². The highest BCUT2D eigenvalue weighted by Crippen LogP contribution is 2.47. The van der Waals surface area contributed by atoms with Gasteiger partial charge in [0.1, 0.15) is 0 Å². The molecule has 0 spiro atoms. The van der Waals surface area contributed by atoms with E-state index in [0.29, 0.717) is 6.04 Å². The Morgan fingerprint density at radius 1 is 1.53 bits per heavy atom. The molecule has 0 radical (unpaired) electrons. The predicted molar refractivity (Wildman–Crippen MR) is 69.1 cm³/mol. The summed E-state index contributed by atoms with van der Waals surface area (Å²) in [6, 6.07) is 0.508. The molecule has 1 saturated heterocycles. The summed E-state index contributed by atoms with van der Waals surface area (Å²) in [5.41, 5.74) is 11.6. The molecule has 17 heavy (non-hydrogen) atoms. The van der Waals surface area contributed by atoms with Gasteiger partial charge in [0.15, 0.2) is 0 Å². The van der Waals surface area contributed by atoms with Crippen molar-refractivity contribution in [3.63, 3.8) is 0 Å². The van der Waals surface area contributed by atoms with E-state index in [1.807, 2.05) is 17.9 Å². The van der Waals surface area contributed by atoms with E-state index in [0.717, 1.165) is 24.4 Å². The number of fused-ring (bicyclic) bond motifs is 3. The fraction of sp³-hybridized carbons (Fsp3) is 0.417. The number of anilines is 1. The predicted octanol–water partition coefficient (Wildman–Crippen LogP) is 1.47. The Balaban J connectivity index is 1.96. The molecule has 3 heterocycles. The summed E-state index contributed by atoms with van der Waals surface area (Å²) >= 11 is 1.73. The number of nitrogens with one attached hydrogen (secondary N) is 1. The van der Waals surface area contributed by atoms with E-state index >= 15 is 0 Å².